The standard InChI is InChI=1S/C8H18O2.H3N/c1-6(4-7(2)9)5-8(3)10;/h6-10H,4-5H2,1-3H3;1H3. The third kappa shape index (κ3) is 9.88. The first-order chi connectivity index (χ1) is 4.52. The van der Waals surface area contributed by atoms with Gasteiger partial charge in [0.2, 0.25) is 0 Å². The van der Waals surface area contributed by atoms with Crippen LogP contribution in [0.1, 0.15) is 33.6 Å². The first-order valence-corrected chi connectivity index (χ1v) is 3.88. The fourth-order valence-electron chi connectivity index (χ4n) is 1.26. The largest absolute Gasteiger partial charge is 0.393 e. The van der Waals surface area contributed by atoms with Crippen molar-refractivity contribution in [3.05, 3.63) is 0 Å². The summed E-state index contributed by atoms with van der Waals surface area (Å²) >= 11 is 0. The molecule has 0 bridgehead atoms. The van der Waals surface area contributed by atoms with Crippen LogP contribution in [-0.2, 0) is 0 Å². The minimum atomic E-state index is -0.242. The second-order valence-electron chi connectivity index (χ2n) is 3.27. The molecule has 0 aliphatic carbocycles. The zero-order valence-electron chi connectivity index (χ0n) is 7.75. The normalized spacial score (nSPS) is 18.3. The summed E-state index contributed by atoms with van der Waals surface area (Å²) in [6.07, 6.45) is 1.08. The molecule has 2 unspecified atom stereocenters. The van der Waals surface area contributed by atoms with Crippen molar-refractivity contribution in [3.63, 3.8) is 0 Å². The Labute approximate surface area is 69.0 Å². The molecule has 0 saturated heterocycles. The molecule has 0 amide bonds. The van der Waals surface area contributed by atoms with Crippen molar-refractivity contribution in [1.29, 1.82) is 0 Å². The molecule has 0 aromatic rings. The molecule has 70 valence electrons. The SMILES string of the molecule is CC(O)CC(C)CC(C)O.N. The van der Waals surface area contributed by atoms with Crippen molar-refractivity contribution in [2.75, 3.05) is 0 Å². The van der Waals surface area contributed by atoms with Gasteiger partial charge in [-0.3, -0.25) is 0 Å². The lowest BCUT2D eigenvalue weighted by atomic mass is 9.98. The van der Waals surface area contributed by atoms with Crippen molar-refractivity contribution in [2.45, 2.75) is 45.8 Å². The number of hydrogen-bond acceptors (Lipinski definition) is 3. The van der Waals surface area contributed by atoms with E-state index in [4.69, 9.17) is 10.2 Å². The Morgan fingerprint density at radius 3 is 1.36 bits per heavy atom. The maximum atomic E-state index is 8.95. The van der Waals surface area contributed by atoms with Crippen LogP contribution in [0.5, 0.6) is 0 Å². The summed E-state index contributed by atoms with van der Waals surface area (Å²) in [5.74, 6) is 0.417. The maximum absolute atomic E-state index is 8.95. The van der Waals surface area contributed by atoms with Gasteiger partial charge in [-0.15, -0.1) is 0 Å². The summed E-state index contributed by atoms with van der Waals surface area (Å²) < 4.78 is 0. The van der Waals surface area contributed by atoms with Crippen molar-refractivity contribution >= 4 is 0 Å². The Kier molecular flexibility index (Phi) is 8.06. The van der Waals surface area contributed by atoms with Gasteiger partial charge >= 0.3 is 0 Å². The number of rotatable bonds is 4. The average molecular weight is 163 g/mol. The van der Waals surface area contributed by atoms with E-state index in [-0.39, 0.29) is 18.4 Å². The zero-order chi connectivity index (χ0) is 8.15. The van der Waals surface area contributed by atoms with E-state index in [0.717, 1.165) is 12.8 Å². The van der Waals surface area contributed by atoms with Crippen LogP contribution in [-0.4, -0.2) is 22.4 Å². The quantitative estimate of drug-likeness (QED) is 0.585. The Morgan fingerprint density at radius 2 is 1.18 bits per heavy atom. The van der Waals surface area contributed by atoms with E-state index in [2.05, 4.69) is 0 Å². The molecule has 5 N–H and O–H groups in total. The summed E-state index contributed by atoms with van der Waals surface area (Å²) in [4.78, 5) is 0. The summed E-state index contributed by atoms with van der Waals surface area (Å²) in [6, 6.07) is 0. The molecule has 0 aromatic carbocycles. The fourth-order valence-corrected chi connectivity index (χ4v) is 1.26. The minimum absolute atomic E-state index is 0. The van der Waals surface area contributed by atoms with E-state index in [1.165, 1.54) is 0 Å². The van der Waals surface area contributed by atoms with Crippen LogP contribution in [0, 0.1) is 5.92 Å². The van der Waals surface area contributed by atoms with Crippen molar-refractivity contribution in [3.8, 4) is 0 Å². The molecular formula is C8H21NO2. The van der Waals surface area contributed by atoms with Crippen LogP contribution in [0.2, 0.25) is 0 Å². The van der Waals surface area contributed by atoms with Gasteiger partial charge in [0.15, 0.2) is 0 Å². The summed E-state index contributed by atoms with van der Waals surface area (Å²) in [6.45, 7) is 5.59. The zero-order valence-corrected chi connectivity index (χ0v) is 7.75. The van der Waals surface area contributed by atoms with E-state index < -0.39 is 0 Å². The molecule has 0 rings (SSSR count). The number of hydrogen-bond donors (Lipinski definition) is 3. The van der Waals surface area contributed by atoms with Crippen LogP contribution in [0.25, 0.3) is 0 Å². The van der Waals surface area contributed by atoms with E-state index in [0.29, 0.717) is 5.92 Å². The molecule has 0 radical (unpaired) electrons. The van der Waals surface area contributed by atoms with Crippen LogP contribution in [0.15, 0.2) is 0 Å². The lowest BCUT2D eigenvalue weighted by molar-refractivity contribution is 0.126. The van der Waals surface area contributed by atoms with Gasteiger partial charge < -0.3 is 16.4 Å². The number of aliphatic hydroxyl groups is 2. The van der Waals surface area contributed by atoms with Crippen molar-refractivity contribution in [2.24, 2.45) is 5.92 Å². The molecule has 11 heavy (non-hydrogen) atoms. The van der Waals surface area contributed by atoms with Gasteiger partial charge in [0.25, 0.3) is 0 Å². The Hall–Kier alpha value is -0.120. The summed E-state index contributed by atoms with van der Waals surface area (Å²) in [7, 11) is 0. The van der Waals surface area contributed by atoms with Gasteiger partial charge in [-0.25, -0.2) is 0 Å². The third-order valence-corrected chi connectivity index (χ3v) is 1.49. The van der Waals surface area contributed by atoms with Crippen LogP contribution in [0.4, 0.5) is 0 Å². The molecule has 0 fully saturated rings. The maximum Gasteiger partial charge on any atom is 0.0514 e. The molecule has 0 heterocycles. The first-order valence-electron chi connectivity index (χ1n) is 3.88. The molecule has 0 aliphatic heterocycles. The highest BCUT2D eigenvalue weighted by molar-refractivity contribution is 4.60. The fraction of sp³-hybridized carbons (Fsp3) is 1.00. The molecular weight excluding hydrogens is 142 g/mol. The minimum Gasteiger partial charge on any atom is -0.393 e. The second-order valence-corrected chi connectivity index (χ2v) is 3.27. The van der Waals surface area contributed by atoms with Gasteiger partial charge in [0.1, 0.15) is 0 Å². The van der Waals surface area contributed by atoms with Gasteiger partial charge in [-0.1, -0.05) is 6.92 Å². The highest BCUT2D eigenvalue weighted by Gasteiger charge is 2.08. The van der Waals surface area contributed by atoms with Crippen LogP contribution >= 0.6 is 0 Å². The lowest BCUT2D eigenvalue weighted by Gasteiger charge is -2.14. The molecule has 0 spiro atoms. The lowest BCUT2D eigenvalue weighted by Crippen LogP contribution is -2.12. The Morgan fingerprint density at radius 1 is 0.909 bits per heavy atom. The third-order valence-electron chi connectivity index (χ3n) is 1.49. The molecule has 0 saturated carbocycles. The smallest absolute Gasteiger partial charge is 0.0514 e. The topological polar surface area (TPSA) is 75.5 Å². The van der Waals surface area contributed by atoms with E-state index >= 15 is 0 Å². The van der Waals surface area contributed by atoms with Gasteiger partial charge in [0, 0.05) is 0 Å². The highest BCUT2D eigenvalue weighted by atomic mass is 16.3. The predicted octanol–water partition coefficient (Wildman–Crippen LogP) is 1.33. The van der Waals surface area contributed by atoms with E-state index in [9.17, 15) is 0 Å². The van der Waals surface area contributed by atoms with Crippen molar-refractivity contribution < 1.29 is 10.2 Å². The molecule has 0 aromatic heterocycles. The molecule has 0 aliphatic rings. The first kappa shape index (κ1) is 13.5. The molecule has 2 atom stereocenters. The van der Waals surface area contributed by atoms with Gasteiger partial charge in [-0.2, -0.15) is 0 Å². The summed E-state index contributed by atoms with van der Waals surface area (Å²) in [5, 5.41) is 17.9. The monoisotopic (exact) mass is 163 g/mol. The van der Waals surface area contributed by atoms with Gasteiger partial charge in [-0.05, 0) is 32.6 Å². The molecule has 3 heteroatoms. The van der Waals surface area contributed by atoms with Crippen molar-refractivity contribution in [1.82, 2.24) is 6.15 Å². The van der Waals surface area contributed by atoms with Gasteiger partial charge in [0.05, 0.1) is 12.2 Å². The Bertz CT molecular complexity index is 74.2. The highest BCUT2D eigenvalue weighted by Crippen LogP contribution is 2.12. The van der Waals surface area contributed by atoms with E-state index in [1.54, 1.807) is 13.8 Å². The van der Waals surface area contributed by atoms with Crippen LogP contribution < -0.4 is 6.15 Å². The molecule has 3 nitrogen and oxygen atoms in total. The average Bonchev–Trinajstić information content (AvgIpc) is 1.58. The predicted molar refractivity (Wildman–Crippen MR) is 46.8 cm³/mol. The van der Waals surface area contributed by atoms with Crippen LogP contribution in [0.3, 0.4) is 0 Å². The number of aliphatic hydroxyl groups excluding tert-OH is 2. The Balaban J connectivity index is 0. The van der Waals surface area contributed by atoms with E-state index in [1.807, 2.05) is 6.92 Å². The second kappa shape index (κ2) is 6.58. The summed E-state index contributed by atoms with van der Waals surface area (Å²) in [5.41, 5.74) is 0.